The number of hydrogen-bond donors (Lipinski definition) is 3. The van der Waals surface area contributed by atoms with Crippen molar-refractivity contribution in [3.05, 3.63) is 145 Å². The van der Waals surface area contributed by atoms with Crippen molar-refractivity contribution in [1.82, 2.24) is 29.0 Å². The predicted octanol–water partition coefficient (Wildman–Crippen LogP) is 8.75. The van der Waals surface area contributed by atoms with Crippen molar-refractivity contribution in [3.8, 4) is 22.3 Å². The van der Waals surface area contributed by atoms with E-state index in [4.69, 9.17) is 0 Å². The van der Waals surface area contributed by atoms with Gasteiger partial charge in [0.05, 0.1) is 33.7 Å². The van der Waals surface area contributed by atoms with E-state index in [9.17, 15) is 43.2 Å². The highest BCUT2D eigenvalue weighted by atomic mass is 32.2. The van der Waals surface area contributed by atoms with Gasteiger partial charge in [-0.15, -0.1) is 0 Å². The lowest BCUT2D eigenvalue weighted by Crippen LogP contribution is -2.37. The van der Waals surface area contributed by atoms with Crippen molar-refractivity contribution in [1.29, 1.82) is 0 Å². The van der Waals surface area contributed by atoms with Crippen LogP contribution in [0.15, 0.2) is 128 Å². The molecule has 3 aromatic carbocycles. The highest BCUT2D eigenvalue weighted by Crippen LogP contribution is 2.36. The zero-order valence-electron chi connectivity index (χ0n) is 34.2. The number of benzene rings is 3. The molecule has 0 saturated carbocycles. The van der Waals surface area contributed by atoms with Crippen LogP contribution in [-0.2, 0) is 38.9 Å². The Bertz CT molecular complexity index is 3040. The molecule has 9 rings (SSSR count). The van der Waals surface area contributed by atoms with E-state index in [1.54, 1.807) is 36.9 Å². The number of sulfonamides is 2. The first-order valence-electron chi connectivity index (χ1n) is 20.3. The van der Waals surface area contributed by atoms with Crippen molar-refractivity contribution < 1.29 is 43.2 Å². The largest absolute Gasteiger partial charge is 0.416 e. The molecule has 4 aromatic heterocycles. The number of nitrogens with zero attached hydrogens (tertiary/aromatic N) is 5. The summed E-state index contributed by atoms with van der Waals surface area (Å²) in [6.07, 6.45) is -1.45. The minimum Gasteiger partial charge on any atom is -0.368 e. The zero-order valence-corrected chi connectivity index (χ0v) is 35.8. The Labute approximate surface area is 370 Å². The second kappa shape index (κ2) is 18.3. The first-order chi connectivity index (χ1) is 30.9. The zero-order chi connectivity index (χ0) is 46.0. The number of pyridine rings is 4. The van der Waals surface area contributed by atoms with E-state index < -0.39 is 43.5 Å². The molecule has 20 heteroatoms. The molecule has 0 radical (unpaired) electrons. The topological polar surface area (TPSA) is 159 Å². The van der Waals surface area contributed by atoms with Crippen LogP contribution in [0, 0.1) is 0 Å². The van der Waals surface area contributed by atoms with Crippen LogP contribution in [0.4, 0.5) is 38.0 Å². The summed E-state index contributed by atoms with van der Waals surface area (Å²) in [6, 6.07) is 25.9. The lowest BCUT2D eigenvalue weighted by Gasteiger charge is -2.24. The number of nitrogens with one attached hydrogen (secondary N) is 3. The number of aromatic nitrogens is 4. The summed E-state index contributed by atoms with van der Waals surface area (Å²) in [5, 5.41) is 7.83. The van der Waals surface area contributed by atoms with Gasteiger partial charge in [-0.2, -0.15) is 30.6 Å². The number of rotatable bonds is 10. The fraction of sp³-hybridized carbons (Fsp3) is 0.244. The van der Waals surface area contributed by atoms with Crippen molar-refractivity contribution in [3.63, 3.8) is 0 Å². The van der Waals surface area contributed by atoms with Crippen LogP contribution >= 0.6 is 0 Å². The Morgan fingerprint density at radius 1 is 0.600 bits per heavy atom. The third-order valence-electron chi connectivity index (χ3n) is 11.1. The average Bonchev–Trinajstić information content (AvgIpc) is 3.79. The molecule has 2 unspecified atom stereocenters. The van der Waals surface area contributed by atoms with Gasteiger partial charge in [0.15, 0.2) is 0 Å². The number of hydrogen-bond acceptors (Lipinski definition) is 10. The Morgan fingerprint density at radius 3 is 1.58 bits per heavy atom. The smallest absolute Gasteiger partial charge is 0.368 e. The second-order valence-corrected chi connectivity index (χ2v) is 19.4. The molecule has 6 heterocycles. The first-order valence-corrected chi connectivity index (χ1v) is 23.6. The van der Waals surface area contributed by atoms with Crippen LogP contribution in [0.2, 0.25) is 0 Å². The molecule has 65 heavy (non-hydrogen) atoms. The van der Waals surface area contributed by atoms with Gasteiger partial charge in [0.1, 0.15) is 11.6 Å². The van der Waals surface area contributed by atoms with Gasteiger partial charge in [-0.1, -0.05) is 54.6 Å². The summed E-state index contributed by atoms with van der Waals surface area (Å²) in [5.74, 6) is 1.27. The molecule has 338 valence electrons. The summed E-state index contributed by atoms with van der Waals surface area (Å²) in [6.45, 7) is 1.04. The Balaban J connectivity index is 0.000000181. The van der Waals surface area contributed by atoms with Gasteiger partial charge < -0.3 is 10.6 Å². The molecule has 2 aliphatic rings. The third kappa shape index (κ3) is 10.5. The summed E-state index contributed by atoms with van der Waals surface area (Å²) in [5.41, 5.74) is 3.03. The first kappa shape index (κ1) is 45.4. The summed E-state index contributed by atoms with van der Waals surface area (Å²) < 4.78 is 130. The van der Waals surface area contributed by atoms with Gasteiger partial charge in [-0.25, -0.2) is 31.5 Å². The molecule has 0 amide bonds. The molecule has 12 nitrogen and oxygen atoms in total. The molecule has 0 bridgehead atoms. The second-order valence-electron chi connectivity index (χ2n) is 15.5. The van der Waals surface area contributed by atoms with E-state index in [0.717, 1.165) is 29.8 Å². The van der Waals surface area contributed by atoms with Gasteiger partial charge >= 0.3 is 12.4 Å². The molecular weight excluding hydrogens is 895 g/mol. The van der Waals surface area contributed by atoms with Gasteiger partial charge in [0.2, 0.25) is 20.0 Å². The Morgan fingerprint density at radius 2 is 1.11 bits per heavy atom. The third-order valence-corrected chi connectivity index (χ3v) is 14.4. The molecular formula is C45H40F6N8O4S2. The molecule has 3 N–H and O–H groups in total. The van der Waals surface area contributed by atoms with E-state index in [1.807, 2.05) is 42.5 Å². The fourth-order valence-corrected chi connectivity index (χ4v) is 10.9. The molecule has 2 saturated heterocycles. The van der Waals surface area contributed by atoms with Gasteiger partial charge in [-0.05, 0) is 78.1 Å². The minimum absolute atomic E-state index is 0.0920. The maximum atomic E-state index is 13.0. The number of fused-ring (bicyclic) bond motifs is 2. The maximum absolute atomic E-state index is 13.0. The van der Waals surface area contributed by atoms with Crippen molar-refractivity contribution >= 4 is 53.5 Å². The Hall–Kier alpha value is -6.22. The SMILES string of the molecule is O=S1(=O)CCC(CNc2ncc(-c3ccc(C(F)(F)F)cc3)c3ncccc23)N1.O=S1(=O)CCC(CNc2ncc(-c3ccc(C(F)(F)F)cc3)c3ncccc23)N1Cc1ccccc1. The number of alkyl halides is 6. The van der Waals surface area contributed by atoms with Crippen LogP contribution in [0.3, 0.4) is 0 Å². The van der Waals surface area contributed by atoms with E-state index in [-0.39, 0.29) is 23.6 Å². The summed E-state index contributed by atoms with van der Waals surface area (Å²) >= 11 is 0. The van der Waals surface area contributed by atoms with Gasteiger partial charge in [-0.3, -0.25) is 9.97 Å². The Kier molecular flexibility index (Phi) is 12.8. The molecule has 0 aliphatic carbocycles. The van der Waals surface area contributed by atoms with Crippen molar-refractivity contribution in [2.45, 2.75) is 43.8 Å². The highest BCUT2D eigenvalue weighted by Gasteiger charge is 2.37. The summed E-state index contributed by atoms with van der Waals surface area (Å²) in [7, 11) is -6.56. The van der Waals surface area contributed by atoms with Gasteiger partial charge in [0, 0.05) is 78.4 Å². The average molecular weight is 935 g/mol. The lowest BCUT2D eigenvalue weighted by molar-refractivity contribution is -0.138. The van der Waals surface area contributed by atoms with E-state index in [1.165, 1.54) is 28.6 Å². The van der Waals surface area contributed by atoms with Crippen molar-refractivity contribution in [2.24, 2.45) is 0 Å². The minimum atomic E-state index is -4.41. The normalized spacial score (nSPS) is 18.3. The number of anilines is 2. The summed E-state index contributed by atoms with van der Waals surface area (Å²) in [4.78, 5) is 17.8. The standard InChI is InChI=1S/C26H23F3N4O2S.C19H17F3N4O2S/c27-26(28,29)20-10-8-19(9-11-20)23-16-32-25(22-7-4-13-30-24(22)23)31-15-21-12-14-36(34,35)33(21)17-18-5-2-1-3-6-18;20-19(21,22)13-5-3-12(4-6-13)16-11-25-18(15-2-1-8-23-17(15)16)24-10-14-7-9-29(27,28)26-14/h1-11,13,16,21H,12,14-15,17H2,(H,31,32);1-6,8,11,14,26H,7,9-10H2,(H,24,25). The maximum Gasteiger partial charge on any atom is 0.416 e. The molecule has 0 spiro atoms. The van der Waals surface area contributed by atoms with Crippen molar-refractivity contribution in [2.75, 3.05) is 35.2 Å². The molecule has 7 aromatic rings. The number of halogens is 6. The van der Waals surface area contributed by atoms with E-state index in [2.05, 4.69) is 35.3 Å². The molecule has 2 atom stereocenters. The van der Waals surface area contributed by atoms with Crippen LogP contribution in [0.5, 0.6) is 0 Å². The quantitative estimate of drug-likeness (QED) is 0.113. The van der Waals surface area contributed by atoms with Crippen LogP contribution in [-0.4, -0.2) is 77.8 Å². The molecule has 2 fully saturated rings. The fourth-order valence-electron chi connectivity index (χ4n) is 7.74. The van der Waals surface area contributed by atoms with Gasteiger partial charge in [0.25, 0.3) is 0 Å². The molecule has 2 aliphatic heterocycles. The van der Waals surface area contributed by atoms with E-state index >= 15 is 0 Å². The van der Waals surface area contributed by atoms with Crippen LogP contribution in [0.25, 0.3) is 44.1 Å². The van der Waals surface area contributed by atoms with Crippen LogP contribution in [0.1, 0.15) is 29.5 Å². The predicted molar refractivity (Wildman–Crippen MR) is 236 cm³/mol. The monoisotopic (exact) mass is 934 g/mol. The highest BCUT2D eigenvalue weighted by molar-refractivity contribution is 7.89. The van der Waals surface area contributed by atoms with E-state index in [0.29, 0.717) is 88.2 Å². The lowest BCUT2D eigenvalue weighted by atomic mass is 10.0. The van der Waals surface area contributed by atoms with Crippen LogP contribution < -0.4 is 15.4 Å².